The summed E-state index contributed by atoms with van der Waals surface area (Å²) < 4.78 is 6.56. The van der Waals surface area contributed by atoms with Gasteiger partial charge in [0.1, 0.15) is 5.75 Å². The van der Waals surface area contributed by atoms with Crippen LogP contribution in [0.4, 0.5) is 11.6 Å². The summed E-state index contributed by atoms with van der Waals surface area (Å²) in [5.74, 6) is 3.43. The van der Waals surface area contributed by atoms with Gasteiger partial charge in [0.15, 0.2) is 0 Å². The fourth-order valence-corrected chi connectivity index (χ4v) is 5.97. The van der Waals surface area contributed by atoms with Crippen LogP contribution in [0.5, 0.6) is 11.6 Å². The molecule has 2 aliphatic carbocycles. The molecule has 3 heterocycles. The smallest absolute Gasteiger partial charge is 0.228 e. The Bertz CT molecular complexity index is 1560. The van der Waals surface area contributed by atoms with Crippen molar-refractivity contribution >= 4 is 28.3 Å². The maximum absolute atomic E-state index is 13.0. The molecular formula is C32H34N6O2. The third-order valence-corrected chi connectivity index (χ3v) is 8.40. The zero-order valence-corrected chi connectivity index (χ0v) is 22.7. The fraction of sp³-hybridized carbons (Fsp3) is 0.375. The zero-order chi connectivity index (χ0) is 27.1. The van der Waals surface area contributed by atoms with Crippen LogP contribution in [0.25, 0.3) is 22.0 Å². The highest BCUT2D eigenvalue weighted by atomic mass is 16.5. The molecule has 0 radical (unpaired) electrons. The van der Waals surface area contributed by atoms with Gasteiger partial charge in [-0.25, -0.2) is 15.0 Å². The van der Waals surface area contributed by atoms with E-state index in [1.807, 2.05) is 49.4 Å². The minimum Gasteiger partial charge on any atom is -0.437 e. The topological polar surface area (TPSA) is 101 Å². The van der Waals surface area contributed by atoms with E-state index >= 15 is 0 Å². The minimum absolute atomic E-state index is 0.136. The number of rotatable bonds is 8. The number of nitrogens with zero attached hydrogens (tertiary/aromatic N) is 3. The summed E-state index contributed by atoms with van der Waals surface area (Å²) in [6, 6.07) is 16.1. The first-order valence-corrected chi connectivity index (χ1v) is 14.4. The Balaban J connectivity index is 1.17. The molecule has 3 fully saturated rings. The molecule has 1 amide bonds. The second kappa shape index (κ2) is 10.5. The van der Waals surface area contributed by atoms with Crippen LogP contribution in [0.2, 0.25) is 0 Å². The first-order valence-electron chi connectivity index (χ1n) is 14.4. The van der Waals surface area contributed by atoms with Crippen LogP contribution in [-0.4, -0.2) is 40.0 Å². The number of pyridine rings is 1. The first kappa shape index (κ1) is 25.0. The number of carbonyl (C=O) groups is 1. The Hall–Kier alpha value is -4.04. The second-order valence-electron chi connectivity index (χ2n) is 11.4. The van der Waals surface area contributed by atoms with E-state index in [2.05, 4.69) is 32.0 Å². The number of fused-ring (bicyclic) bond motifs is 1. The molecule has 0 spiro atoms. The van der Waals surface area contributed by atoms with Crippen molar-refractivity contribution in [1.82, 2.24) is 20.3 Å². The van der Waals surface area contributed by atoms with Crippen LogP contribution in [-0.2, 0) is 4.79 Å². The number of aryl methyl sites for hydroxylation is 1. The van der Waals surface area contributed by atoms with Gasteiger partial charge in [0.25, 0.3) is 0 Å². The zero-order valence-electron chi connectivity index (χ0n) is 22.7. The highest BCUT2D eigenvalue weighted by molar-refractivity contribution is 6.05. The van der Waals surface area contributed by atoms with Crippen LogP contribution < -0.4 is 20.7 Å². The van der Waals surface area contributed by atoms with Gasteiger partial charge in [0.05, 0.1) is 11.3 Å². The Kier molecular flexibility index (Phi) is 6.55. The number of carbonyl (C=O) groups excluding carboxylic acids is 1. The molecule has 4 aromatic rings. The highest BCUT2D eigenvalue weighted by Gasteiger charge is 2.51. The minimum atomic E-state index is 0.136. The van der Waals surface area contributed by atoms with Crippen LogP contribution in [0, 0.1) is 24.7 Å². The number of piperidine rings is 1. The maximum Gasteiger partial charge on any atom is 0.228 e. The number of hydrogen-bond acceptors (Lipinski definition) is 7. The number of amides is 1. The van der Waals surface area contributed by atoms with E-state index in [-0.39, 0.29) is 11.8 Å². The quantitative estimate of drug-likeness (QED) is 0.257. The number of anilines is 2. The lowest BCUT2D eigenvalue weighted by atomic mass is 10.0. The van der Waals surface area contributed by atoms with E-state index in [4.69, 9.17) is 9.72 Å². The summed E-state index contributed by atoms with van der Waals surface area (Å²) in [4.78, 5) is 26.8. The highest BCUT2D eigenvalue weighted by Crippen LogP contribution is 2.54. The van der Waals surface area contributed by atoms with Crippen molar-refractivity contribution in [2.24, 2.45) is 17.8 Å². The lowest BCUT2D eigenvalue weighted by Crippen LogP contribution is -2.38. The molecular weight excluding hydrogens is 500 g/mol. The number of benzene rings is 2. The van der Waals surface area contributed by atoms with Gasteiger partial charge in [-0.05, 0) is 87.2 Å². The summed E-state index contributed by atoms with van der Waals surface area (Å²) >= 11 is 0. The van der Waals surface area contributed by atoms with Crippen molar-refractivity contribution in [2.75, 3.05) is 23.7 Å². The summed E-state index contributed by atoms with van der Waals surface area (Å²) in [6.45, 7) is 3.98. The van der Waals surface area contributed by atoms with Crippen molar-refractivity contribution in [3.05, 3.63) is 66.5 Å². The number of ether oxygens (including phenoxy) is 1. The molecule has 3 N–H and O–H groups in total. The van der Waals surface area contributed by atoms with E-state index in [9.17, 15) is 4.79 Å². The molecule has 8 nitrogen and oxygen atoms in total. The van der Waals surface area contributed by atoms with Crippen molar-refractivity contribution < 1.29 is 9.53 Å². The molecule has 3 atom stereocenters. The normalized spacial score (nSPS) is 22.1. The lowest BCUT2D eigenvalue weighted by Gasteiger charge is -2.23. The van der Waals surface area contributed by atoms with Gasteiger partial charge in [-0.15, -0.1) is 0 Å². The van der Waals surface area contributed by atoms with Gasteiger partial charge in [-0.1, -0.05) is 24.3 Å². The average Bonchev–Trinajstić information content (AvgIpc) is 3.89. The van der Waals surface area contributed by atoms with Gasteiger partial charge < -0.3 is 20.7 Å². The molecule has 8 heteroatoms. The summed E-state index contributed by atoms with van der Waals surface area (Å²) in [5.41, 5.74) is 3.33. The standard InChI is InChI=1S/C32H34N6O2/c1-19-9-12-22-23(6-2-8-27(22)37-30(39)26-17-25(26)20-10-11-20)29(19)40-31-24(7-4-15-34-31)28-13-16-35-32(38-28)36-21-5-3-14-33-18-21/h2,4,6-9,12-13,15-16,20-21,25-26,33H,3,5,10-11,14,17-18H2,1H3,(H,37,39)(H,35,36,38)/t21-,25?,26+/m0/s1. The molecule has 7 rings (SSSR count). The summed E-state index contributed by atoms with van der Waals surface area (Å²) in [7, 11) is 0. The average molecular weight is 535 g/mol. The van der Waals surface area contributed by atoms with Crippen LogP contribution in [0.3, 0.4) is 0 Å². The second-order valence-corrected chi connectivity index (χ2v) is 11.4. The lowest BCUT2D eigenvalue weighted by molar-refractivity contribution is -0.117. The Morgan fingerprint density at radius 1 is 1.00 bits per heavy atom. The third kappa shape index (κ3) is 5.11. The first-order chi connectivity index (χ1) is 19.6. The number of nitrogens with one attached hydrogen (secondary N) is 3. The fourth-order valence-electron chi connectivity index (χ4n) is 5.97. The molecule has 2 aromatic heterocycles. The number of aromatic nitrogens is 3. The molecule has 204 valence electrons. The molecule has 3 aliphatic rings. The third-order valence-electron chi connectivity index (χ3n) is 8.40. The van der Waals surface area contributed by atoms with Crippen molar-refractivity contribution in [2.45, 2.75) is 45.1 Å². The molecule has 1 aliphatic heterocycles. The van der Waals surface area contributed by atoms with Gasteiger partial charge in [-0.3, -0.25) is 4.79 Å². The van der Waals surface area contributed by atoms with Crippen LogP contribution in [0.15, 0.2) is 60.9 Å². The van der Waals surface area contributed by atoms with Crippen LogP contribution >= 0.6 is 0 Å². The maximum atomic E-state index is 13.0. The van der Waals surface area contributed by atoms with Gasteiger partial charge in [0.2, 0.25) is 17.7 Å². The summed E-state index contributed by atoms with van der Waals surface area (Å²) in [5, 5.41) is 12.0. The molecule has 2 saturated carbocycles. The predicted molar refractivity (Wildman–Crippen MR) is 156 cm³/mol. The van der Waals surface area contributed by atoms with E-state index in [0.29, 0.717) is 23.8 Å². The molecule has 40 heavy (non-hydrogen) atoms. The largest absolute Gasteiger partial charge is 0.437 e. The van der Waals surface area contributed by atoms with E-state index in [0.717, 1.165) is 77.3 Å². The Morgan fingerprint density at radius 3 is 2.77 bits per heavy atom. The Labute approximate surface area is 234 Å². The SMILES string of the molecule is Cc1ccc2c(NC(=O)[C@@H]3CC3C3CC3)cccc2c1Oc1ncccc1-c1ccnc(N[C@H]2CCCNC2)n1. The summed E-state index contributed by atoms with van der Waals surface area (Å²) in [6.07, 6.45) is 9.30. The van der Waals surface area contributed by atoms with Crippen molar-refractivity contribution in [3.8, 4) is 22.9 Å². The molecule has 1 saturated heterocycles. The van der Waals surface area contributed by atoms with E-state index < -0.39 is 0 Å². The number of hydrogen-bond donors (Lipinski definition) is 3. The molecule has 2 aromatic carbocycles. The van der Waals surface area contributed by atoms with Gasteiger partial charge in [0, 0.05) is 47.4 Å². The monoisotopic (exact) mass is 534 g/mol. The van der Waals surface area contributed by atoms with Crippen molar-refractivity contribution in [3.63, 3.8) is 0 Å². The van der Waals surface area contributed by atoms with E-state index in [1.165, 1.54) is 12.8 Å². The van der Waals surface area contributed by atoms with Crippen LogP contribution in [0.1, 0.15) is 37.7 Å². The molecule has 1 unspecified atom stereocenters. The van der Waals surface area contributed by atoms with Gasteiger partial charge in [-0.2, -0.15) is 0 Å². The van der Waals surface area contributed by atoms with E-state index in [1.54, 1.807) is 12.4 Å². The Morgan fingerprint density at radius 2 is 1.93 bits per heavy atom. The van der Waals surface area contributed by atoms with Crippen molar-refractivity contribution in [1.29, 1.82) is 0 Å². The van der Waals surface area contributed by atoms with Gasteiger partial charge >= 0.3 is 0 Å². The predicted octanol–water partition coefficient (Wildman–Crippen LogP) is 5.94. The molecule has 0 bridgehead atoms.